The van der Waals surface area contributed by atoms with Gasteiger partial charge in [-0.15, -0.1) is 12.4 Å². The lowest BCUT2D eigenvalue weighted by atomic mass is 10.1. The number of rotatable bonds is 4. The van der Waals surface area contributed by atoms with E-state index >= 15 is 0 Å². The van der Waals surface area contributed by atoms with Crippen molar-refractivity contribution in [2.75, 3.05) is 6.61 Å². The number of carbonyl (C=O) groups excluding carboxylic acids is 1. The van der Waals surface area contributed by atoms with Gasteiger partial charge < -0.3 is 15.5 Å². The highest BCUT2D eigenvalue weighted by molar-refractivity contribution is 5.85. The van der Waals surface area contributed by atoms with Crippen molar-refractivity contribution in [2.45, 2.75) is 19.4 Å². The van der Waals surface area contributed by atoms with Gasteiger partial charge >= 0.3 is 5.97 Å². The Labute approximate surface area is 89.2 Å². The minimum absolute atomic E-state index is 0. The lowest BCUT2D eigenvalue weighted by Gasteiger charge is -2.08. The van der Waals surface area contributed by atoms with Gasteiger partial charge in [-0.2, -0.15) is 0 Å². The molecule has 5 heteroatoms. The van der Waals surface area contributed by atoms with Gasteiger partial charge in [-0.05, 0) is 19.1 Å². The Morgan fingerprint density at radius 3 is 2.93 bits per heavy atom. The maximum absolute atomic E-state index is 11.0. The Morgan fingerprint density at radius 2 is 2.43 bits per heavy atom. The molecule has 3 N–H and O–H groups in total. The summed E-state index contributed by atoms with van der Waals surface area (Å²) in [4.78, 5) is 14.0. The SMILES string of the molecule is CCOC(=O)C[C@@H](N)c1ccc[nH]1.Cl. The molecule has 0 saturated carbocycles. The topological polar surface area (TPSA) is 68.1 Å². The van der Waals surface area contributed by atoms with Crippen molar-refractivity contribution in [1.82, 2.24) is 4.98 Å². The summed E-state index contributed by atoms with van der Waals surface area (Å²) in [5.41, 5.74) is 6.59. The normalized spacial score (nSPS) is 11.6. The number of aromatic amines is 1. The summed E-state index contributed by atoms with van der Waals surface area (Å²) in [6.45, 7) is 2.17. The molecule has 1 aromatic heterocycles. The largest absolute Gasteiger partial charge is 0.466 e. The van der Waals surface area contributed by atoms with Gasteiger partial charge in [0.2, 0.25) is 0 Å². The second kappa shape index (κ2) is 6.45. The molecule has 0 aliphatic heterocycles. The van der Waals surface area contributed by atoms with Crippen LogP contribution < -0.4 is 5.73 Å². The molecule has 4 nitrogen and oxygen atoms in total. The molecule has 14 heavy (non-hydrogen) atoms. The molecule has 1 heterocycles. The molecule has 0 aromatic carbocycles. The minimum atomic E-state index is -0.297. The lowest BCUT2D eigenvalue weighted by Crippen LogP contribution is -2.17. The van der Waals surface area contributed by atoms with Crippen LogP contribution in [0.3, 0.4) is 0 Å². The van der Waals surface area contributed by atoms with Gasteiger partial charge in [-0.3, -0.25) is 4.79 Å². The fourth-order valence-electron chi connectivity index (χ4n) is 1.08. The molecule has 0 unspecified atom stereocenters. The number of aromatic nitrogens is 1. The van der Waals surface area contributed by atoms with E-state index in [-0.39, 0.29) is 30.8 Å². The second-order valence-electron chi connectivity index (χ2n) is 2.74. The maximum atomic E-state index is 11.0. The highest BCUT2D eigenvalue weighted by atomic mass is 35.5. The molecule has 0 aliphatic carbocycles. The van der Waals surface area contributed by atoms with Crippen molar-refractivity contribution < 1.29 is 9.53 Å². The molecular formula is C9H15ClN2O2. The zero-order valence-corrected chi connectivity index (χ0v) is 8.84. The van der Waals surface area contributed by atoms with Crippen LogP contribution in [-0.2, 0) is 9.53 Å². The maximum Gasteiger partial charge on any atom is 0.307 e. The summed E-state index contributed by atoms with van der Waals surface area (Å²) in [6, 6.07) is 3.40. The molecule has 0 aliphatic rings. The molecule has 0 radical (unpaired) electrons. The minimum Gasteiger partial charge on any atom is -0.466 e. The van der Waals surface area contributed by atoms with Crippen LogP contribution in [0.1, 0.15) is 25.1 Å². The summed E-state index contributed by atoms with van der Waals surface area (Å²) >= 11 is 0. The fraction of sp³-hybridized carbons (Fsp3) is 0.444. The van der Waals surface area contributed by atoms with E-state index < -0.39 is 0 Å². The van der Waals surface area contributed by atoms with Crippen LogP contribution in [0.15, 0.2) is 18.3 Å². The number of esters is 1. The van der Waals surface area contributed by atoms with Gasteiger partial charge in [0, 0.05) is 11.9 Å². The number of nitrogens with two attached hydrogens (primary N) is 1. The first-order valence-corrected chi connectivity index (χ1v) is 4.28. The average Bonchev–Trinajstić information content (AvgIpc) is 2.55. The molecule has 1 rings (SSSR count). The quantitative estimate of drug-likeness (QED) is 0.751. The van der Waals surface area contributed by atoms with Crippen LogP contribution >= 0.6 is 12.4 Å². The van der Waals surface area contributed by atoms with Gasteiger partial charge in [0.1, 0.15) is 0 Å². The smallest absolute Gasteiger partial charge is 0.307 e. The Kier molecular flexibility index (Phi) is 5.99. The summed E-state index contributed by atoms with van der Waals surface area (Å²) in [5.74, 6) is -0.260. The Morgan fingerprint density at radius 1 is 1.71 bits per heavy atom. The van der Waals surface area contributed by atoms with Gasteiger partial charge in [0.25, 0.3) is 0 Å². The van der Waals surface area contributed by atoms with Crippen LogP contribution in [0.25, 0.3) is 0 Å². The Balaban J connectivity index is 0.00000169. The Bertz CT molecular complexity index is 262. The van der Waals surface area contributed by atoms with Gasteiger partial charge in [-0.1, -0.05) is 0 Å². The van der Waals surface area contributed by atoms with Crippen molar-refractivity contribution in [3.8, 4) is 0 Å². The van der Waals surface area contributed by atoms with E-state index in [9.17, 15) is 4.79 Å². The molecule has 0 spiro atoms. The van der Waals surface area contributed by atoms with Gasteiger partial charge in [0.05, 0.1) is 19.1 Å². The molecule has 0 bridgehead atoms. The zero-order valence-electron chi connectivity index (χ0n) is 8.03. The molecule has 0 fully saturated rings. The number of halogens is 1. The number of hydrogen-bond donors (Lipinski definition) is 2. The summed E-state index contributed by atoms with van der Waals surface area (Å²) in [5, 5.41) is 0. The van der Waals surface area contributed by atoms with E-state index in [2.05, 4.69) is 4.98 Å². The Hall–Kier alpha value is -1.00. The number of nitrogens with one attached hydrogen (secondary N) is 1. The second-order valence-corrected chi connectivity index (χ2v) is 2.74. The predicted octanol–water partition coefficient (Wildman–Crippen LogP) is 1.39. The van der Waals surface area contributed by atoms with Crippen LogP contribution in [0, 0.1) is 0 Å². The average molecular weight is 219 g/mol. The van der Waals surface area contributed by atoms with Crippen LogP contribution in [0.5, 0.6) is 0 Å². The van der Waals surface area contributed by atoms with Gasteiger partial charge in [-0.25, -0.2) is 0 Å². The molecule has 1 atom stereocenters. The van der Waals surface area contributed by atoms with E-state index in [4.69, 9.17) is 10.5 Å². The van der Waals surface area contributed by atoms with E-state index in [0.29, 0.717) is 6.61 Å². The first-order valence-electron chi connectivity index (χ1n) is 4.28. The highest BCUT2D eigenvalue weighted by Crippen LogP contribution is 2.11. The molecule has 0 amide bonds. The van der Waals surface area contributed by atoms with Gasteiger partial charge in [0.15, 0.2) is 0 Å². The van der Waals surface area contributed by atoms with Crippen molar-refractivity contribution >= 4 is 18.4 Å². The summed E-state index contributed by atoms with van der Waals surface area (Å²) in [6.07, 6.45) is 1.99. The molecule has 0 saturated heterocycles. The number of carbonyl (C=O) groups is 1. The third-order valence-electron chi connectivity index (χ3n) is 1.71. The van der Waals surface area contributed by atoms with Crippen LogP contribution in [0.2, 0.25) is 0 Å². The zero-order chi connectivity index (χ0) is 9.68. The van der Waals surface area contributed by atoms with E-state index in [1.165, 1.54) is 0 Å². The fourth-order valence-corrected chi connectivity index (χ4v) is 1.08. The molecular weight excluding hydrogens is 204 g/mol. The van der Waals surface area contributed by atoms with Crippen LogP contribution in [-0.4, -0.2) is 17.6 Å². The standard InChI is InChI=1S/C9H14N2O2.ClH/c1-2-13-9(12)6-7(10)8-4-3-5-11-8;/h3-5,7,11H,2,6,10H2,1H3;1H/t7-;/m1./s1. The molecule has 1 aromatic rings. The van der Waals surface area contributed by atoms with Crippen molar-refractivity contribution in [3.05, 3.63) is 24.0 Å². The van der Waals surface area contributed by atoms with E-state index in [1.54, 1.807) is 13.1 Å². The third-order valence-corrected chi connectivity index (χ3v) is 1.71. The first-order chi connectivity index (χ1) is 6.24. The number of H-pyrrole nitrogens is 1. The highest BCUT2D eigenvalue weighted by Gasteiger charge is 2.12. The summed E-state index contributed by atoms with van der Waals surface area (Å²) < 4.78 is 4.78. The first kappa shape index (κ1) is 13.0. The number of hydrogen-bond acceptors (Lipinski definition) is 3. The monoisotopic (exact) mass is 218 g/mol. The van der Waals surface area contributed by atoms with Crippen molar-refractivity contribution in [3.63, 3.8) is 0 Å². The predicted molar refractivity (Wildman–Crippen MR) is 56.2 cm³/mol. The van der Waals surface area contributed by atoms with Crippen molar-refractivity contribution in [1.29, 1.82) is 0 Å². The number of ether oxygens (including phenoxy) is 1. The lowest BCUT2D eigenvalue weighted by molar-refractivity contribution is -0.143. The third kappa shape index (κ3) is 3.81. The molecule has 80 valence electrons. The van der Waals surface area contributed by atoms with E-state index in [0.717, 1.165) is 5.69 Å². The van der Waals surface area contributed by atoms with E-state index in [1.807, 2.05) is 12.1 Å². The van der Waals surface area contributed by atoms with Crippen LogP contribution in [0.4, 0.5) is 0 Å². The van der Waals surface area contributed by atoms with Crippen molar-refractivity contribution in [2.24, 2.45) is 5.73 Å². The summed E-state index contributed by atoms with van der Waals surface area (Å²) in [7, 11) is 0.